The van der Waals surface area contributed by atoms with Crippen LogP contribution in [0, 0.1) is 5.82 Å². The van der Waals surface area contributed by atoms with Crippen LogP contribution in [0.15, 0.2) is 65.6 Å². The van der Waals surface area contributed by atoms with E-state index in [0.29, 0.717) is 0 Å². The van der Waals surface area contributed by atoms with Crippen LogP contribution in [0.1, 0.15) is 42.7 Å². The van der Waals surface area contributed by atoms with Crippen LogP contribution in [-0.2, 0) is 10.0 Å². The monoisotopic (exact) mass is 428 g/mol. The van der Waals surface area contributed by atoms with Crippen molar-refractivity contribution in [3.63, 3.8) is 0 Å². The van der Waals surface area contributed by atoms with Gasteiger partial charge in [0.1, 0.15) is 5.82 Å². The lowest BCUT2D eigenvalue weighted by atomic mass is 10.0. The van der Waals surface area contributed by atoms with E-state index in [2.05, 4.69) is 5.32 Å². The predicted molar refractivity (Wildman–Crippen MR) is 116 cm³/mol. The normalized spacial score (nSPS) is 12.8. The second-order valence-corrected chi connectivity index (χ2v) is 8.97. The summed E-state index contributed by atoms with van der Waals surface area (Å²) in [6, 6.07) is 16.6. The zero-order valence-corrected chi connectivity index (χ0v) is 18.0. The third kappa shape index (κ3) is 4.37. The number of amides is 1. The Kier molecular flexibility index (Phi) is 6.53. The molecule has 0 fully saturated rings. The van der Waals surface area contributed by atoms with Crippen LogP contribution in [0.25, 0.3) is 10.8 Å². The SMILES string of the molecule is CCN(CC)S(=O)(=O)c1ccc(F)c(C(=O)NC(C)c2ccc3ccccc3c2)c1. The number of carbonyl (C=O) groups is 1. The molecule has 0 aromatic heterocycles. The molecule has 1 unspecified atom stereocenters. The number of fused-ring (bicyclic) bond motifs is 1. The van der Waals surface area contributed by atoms with E-state index in [4.69, 9.17) is 0 Å². The van der Waals surface area contributed by atoms with Crippen LogP contribution in [0.2, 0.25) is 0 Å². The van der Waals surface area contributed by atoms with Gasteiger partial charge in [0.05, 0.1) is 16.5 Å². The highest BCUT2D eigenvalue weighted by Crippen LogP contribution is 2.22. The number of hydrogen-bond donors (Lipinski definition) is 1. The van der Waals surface area contributed by atoms with Crippen molar-refractivity contribution < 1.29 is 17.6 Å². The Morgan fingerprint density at radius 1 is 1.00 bits per heavy atom. The average molecular weight is 429 g/mol. The van der Waals surface area contributed by atoms with Crippen LogP contribution < -0.4 is 5.32 Å². The summed E-state index contributed by atoms with van der Waals surface area (Å²) in [7, 11) is -3.79. The van der Waals surface area contributed by atoms with Crippen molar-refractivity contribution in [1.29, 1.82) is 0 Å². The molecular formula is C23H25FN2O3S. The smallest absolute Gasteiger partial charge is 0.254 e. The maximum absolute atomic E-state index is 14.4. The fourth-order valence-corrected chi connectivity index (χ4v) is 4.87. The molecule has 0 saturated carbocycles. The molecule has 0 bridgehead atoms. The van der Waals surface area contributed by atoms with Gasteiger partial charge in [-0.1, -0.05) is 50.2 Å². The van der Waals surface area contributed by atoms with Crippen LogP contribution in [0.3, 0.4) is 0 Å². The summed E-state index contributed by atoms with van der Waals surface area (Å²) in [4.78, 5) is 12.6. The summed E-state index contributed by atoms with van der Waals surface area (Å²) in [5.74, 6) is -1.43. The quantitative estimate of drug-likeness (QED) is 0.603. The Morgan fingerprint density at radius 2 is 1.67 bits per heavy atom. The molecule has 1 atom stereocenters. The summed E-state index contributed by atoms with van der Waals surface area (Å²) in [5, 5.41) is 4.89. The molecule has 3 rings (SSSR count). The summed E-state index contributed by atoms with van der Waals surface area (Å²) in [6.45, 7) is 5.83. The highest BCUT2D eigenvalue weighted by atomic mass is 32.2. The molecule has 0 spiro atoms. The third-order valence-electron chi connectivity index (χ3n) is 5.15. The zero-order valence-electron chi connectivity index (χ0n) is 17.2. The van der Waals surface area contributed by atoms with E-state index < -0.39 is 21.7 Å². The van der Waals surface area contributed by atoms with E-state index in [-0.39, 0.29) is 29.6 Å². The van der Waals surface area contributed by atoms with Crippen LogP contribution in [-0.4, -0.2) is 31.7 Å². The standard InChI is InChI=1S/C23H25FN2O3S/c1-4-26(5-2)30(28,29)20-12-13-22(24)21(15-20)23(27)25-16(3)18-11-10-17-8-6-7-9-19(17)14-18/h6-16H,4-5H2,1-3H3,(H,25,27). The fourth-order valence-electron chi connectivity index (χ4n) is 3.39. The van der Waals surface area contributed by atoms with E-state index in [1.165, 1.54) is 10.4 Å². The van der Waals surface area contributed by atoms with Gasteiger partial charge in [0.2, 0.25) is 10.0 Å². The molecule has 5 nitrogen and oxygen atoms in total. The molecule has 3 aromatic carbocycles. The van der Waals surface area contributed by atoms with Crippen molar-refractivity contribution in [3.8, 4) is 0 Å². The number of sulfonamides is 1. The second-order valence-electron chi connectivity index (χ2n) is 7.03. The number of nitrogens with zero attached hydrogens (tertiary/aromatic N) is 1. The summed E-state index contributed by atoms with van der Waals surface area (Å²) in [5.41, 5.74) is 0.574. The van der Waals surface area contributed by atoms with Gasteiger partial charge in [0.25, 0.3) is 5.91 Å². The first-order valence-electron chi connectivity index (χ1n) is 9.87. The van der Waals surface area contributed by atoms with Crippen molar-refractivity contribution >= 4 is 26.7 Å². The van der Waals surface area contributed by atoms with Gasteiger partial charge in [0.15, 0.2) is 0 Å². The summed E-state index contributed by atoms with van der Waals surface area (Å²) in [6.07, 6.45) is 0. The Morgan fingerprint density at radius 3 is 2.33 bits per heavy atom. The molecule has 1 amide bonds. The van der Waals surface area contributed by atoms with E-state index in [1.807, 2.05) is 42.5 Å². The van der Waals surface area contributed by atoms with Crippen molar-refractivity contribution in [2.45, 2.75) is 31.7 Å². The van der Waals surface area contributed by atoms with Gasteiger partial charge in [-0.05, 0) is 47.5 Å². The summed E-state index contributed by atoms with van der Waals surface area (Å²) >= 11 is 0. The number of benzene rings is 3. The van der Waals surface area contributed by atoms with Crippen molar-refractivity contribution in [3.05, 3.63) is 77.6 Å². The molecule has 0 aliphatic carbocycles. The van der Waals surface area contributed by atoms with E-state index in [1.54, 1.807) is 20.8 Å². The molecule has 7 heteroatoms. The number of halogens is 1. The van der Waals surface area contributed by atoms with Gasteiger partial charge in [-0.15, -0.1) is 0 Å². The molecular weight excluding hydrogens is 403 g/mol. The molecule has 158 valence electrons. The lowest BCUT2D eigenvalue weighted by Gasteiger charge is -2.19. The minimum absolute atomic E-state index is 0.101. The molecule has 3 aromatic rings. The fraction of sp³-hybridized carbons (Fsp3) is 0.261. The molecule has 0 saturated heterocycles. The summed E-state index contributed by atoms with van der Waals surface area (Å²) < 4.78 is 41.1. The number of nitrogens with one attached hydrogen (secondary N) is 1. The van der Waals surface area contributed by atoms with Crippen molar-refractivity contribution in [2.75, 3.05) is 13.1 Å². The lowest BCUT2D eigenvalue weighted by Crippen LogP contribution is -2.31. The number of hydrogen-bond acceptors (Lipinski definition) is 3. The van der Waals surface area contributed by atoms with Crippen LogP contribution >= 0.6 is 0 Å². The first kappa shape index (κ1) is 21.9. The maximum Gasteiger partial charge on any atom is 0.254 e. The Hall–Kier alpha value is -2.77. The van der Waals surface area contributed by atoms with Gasteiger partial charge in [-0.25, -0.2) is 12.8 Å². The molecule has 0 radical (unpaired) electrons. The van der Waals surface area contributed by atoms with Gasteiger partial charge in [-0.2, -0.15) is 4.31 Å². The predicted octanol–water partition coefficient (Wildman–Crippen LogP) is 4.50. The van der Waals surface area contributed by atoms with E-state index >= 15 is 0 Å². The molecule has 0 aliphatic rings. The first-order chi connectivity index (χ1) is 14.3. The minimum Gasteiger partial charge on any atom is -0.345 e. The molecule has 30 heavy (non-hydrogen) atoms. The Labute approximate surface area is 176 Å². The Bertz CT molecular complexity index is 1170. The second kappa shape index (κ2) is 8.93. The van der Waals surface area contributed by atoms with Gasteiger partial charge in [-0.3, -0.25) is 4.79 Å². The molecule has 0 aliphatic heterocycles. The average Bonchev–Trinajstić information content (AvgIpc) is 2.74. The topological polar surface area (TPSA) is 66.5 Å². The maximum atomic E-state index is 14.4. The largest absolute Gasteiger partial charge is 0.345 e. The molecule has 0 heterocycles. The Balaban J connectivity index is 1.87. The first-order valence-corrected chi connectivity index (χ1v) is 11.3. The van der Waals surface area contributed by atoms with Crippen molar-refractivity contribution in [2.24, 2.45) is 0 Å². The minimum atomic E-state index is -3.79. The highest BCUT2D eigenvalue weighted by molar-refractivity contribution is 7.89. The number of carbonyl (C=O) groups excluding carboxylic acids is 1. The lowest BCUT2D eigenvalue weighted by molar-refractivity contribution is 0.0935. The number of rotatable bonds is 7. The van der Waals surface area contributed by atoms with Gasteiger partial charge >= 0.3 is 0 Å². The zero-order chi connectivity index (χ0) is 21.9. The molecule has 1 N–H and O–H groups in total. The van der Waals surface area contributed by atoms with Crippen LogP contribution in [0.5, 0.6) is 0 Å². The van der Waals surface area contributed by atoms with Crippen molar-refractivity contribution in [1.82, 2.24) is 9.62 Å². The van der Waals surface area contributed by atoms with E-state index in [0.717, 1.165) is 28.5 Å². The highest BCUT2D eigenvalue weighted by Gasteiger charge is 2.24. The third-order valence-corrected chi connectivity index (χ3v) is 7.19. The van der Waals surface area contributed by atoms with Gasteiger partial charge in [0, 0.05) is 13.1 Å². The van der Waals surface area contributed by atoms with E-state index in [9.17, 15) is 17.6 Å². The van der Waals surface area contributed by atoms with Crippen LogP contribution in [0.4, 0.5) is 4.39 Å². The van der Waals surface area contributed by atoms with Gasteiger partial charge < -0.3 is 5.32 Å².